The van der Waals surface area contributed by atoms with Crippen molar-refractivity contribution in [2.45, 2.75) is 70.8 Å². The van der Waals surface area contributed by atoms with Crippen molar-refractivity contribution in [2.75, 3.05) is 39.3 Å². The van der Waals surface area contributed by atoms with Gasteiger partial charge in [0, 0.05) is 26.2 Å². The van der Waals surface area contributed by atoms with Gasteiger partial charge in [-0.15, -0.1) is 24.0 Å². The zero-order chi connectivity index (χ0) is 20.4. The van der Waals surface area contributed by atoms with Crippen molar-refractivity contribution in [3.05, 3.63) is 24.2 Å². The van der Waals surface area contributed by atoms with E-state index < -0.39 is 0 Å². The number of nitrogens with one attached hydrogen (secondary N) is 2. The first-order chi connectivity index (χ1) is 14.3. The first-order valence-corrected chi connectivity index (χ1v) is 11.7. The van der Waals surface area contributed by atoms with Crippen LogP contribution in [0.2, 0.25) is 0 Å². The summed E-state index contributed by atoms with van der Waals surface area (Å²) < 4.78 is 5.77. The summed E-state index contributed by atoms with van der Waals surface area (Å²) in [6.07, 6.45) is 12.7. The van der Waals surface area contributed by atoms with E-state index in [1.165, 1.54) is 51.4 Å². The van der Waals surface area contributed by atoms with E-state index in [4.69, 9.17) is 9.41 Å². The van der Waals surface area contributed by atoms with Crippen molar-refractivity contribution in [1.82, 2.24) is 15.5 Å². The van der Waals surface area contributed by atoms with E-state index in [9.17, 15) is 5.11 Å². The number of hydrogen-bond donors (Lipinski definition) is 3. The molecule has 2 fully saturated rings. The second-order valence-corrected chi connectivity index (χ2v) is 8.74. The number of piperidine rings is 1. The van der Waals surface area contributed by atoms with Crippen LogP contribution in [0.4, 0.5) is 0 Å². The van der Waals surface area contributed by atoms with Crippen LogP contribution in [0.3, 0.4) is 0 Å². The summed E-state index contributed by atoms with van der Waals surface area (Å²) >= 11 is 0. The SMILES string of the molecule is CCNC(=NCC1(CCO)CCCCC1)NCC(c1ccco1)N1CCCCC1.I. The summed E-state index contributed by atoms with van der Waals surface area (Å²) in [5.41, 5.74) is 0.169. The molecule has 30 heavy (non-hydrogen) atoms. The third-order valence-corrected chi connectivity index (χ3v) is 6.64. The second-order valence-electron chi connectivity index (χ2n) is 8.74. The van der Waals surface area contributed by atoms with Crippen LogP contribution in [0.15, 0.2) is 27.8 Å². The topological polar surface area (TPSA) is 73.0 Å². The van der Waals surface area contributed by atoms with Gasteiger partial charge in [-0.25, -0.2) is 0 Å². The van der Waals surface area contributed by atoms with E-state index in [0.717, 1.165) is 50.9 Å². The van der Waals surface area contributed by atoms with Crippen molar-refractivity contribution < 1.29 is 9.52 Å². The molecule has 1 aliphatic carbocycles. The number of aliphatic hydroxyl groups excluding tert-OH is 1. The Morgan fingerprint density at radius 2 is 1.90 bits per heavy atom. The fourth-order valence-corrected chi connectivity index (χ4v) is 4.93. The smallest absolute Gasteiger partial charge is 0.191 e. The van der Waals surface area contributed by atoms with Gasteiger partial charge in [-0.2, -0.15) is 0 Å². The van der Waals surface area contributed by atoms with E-state index >= 15 is 0 Å². The van der Waals surface area contributed by atoms with E-state index in [-0.39, 0.29) is 42.0 Å². The highest BCUT2D eigenvalue weighted by molar-refractivity contribution is 14.0. The molecule has 0 bridgehead atoms. The molecule has 6 nitrogen and oxygen atoms in total. The van der Waals surface area contributed by atoms with Gasteiger partial charge in [0.15, 0.2) is 5.96 Å². The molecule has 1 atom stereocenters. The number of aliphatic imine (C=N–C) groups is 1. The van der Waals surface area contributed by atoms with Gasteiger partial charge in [-0.3, -0.25) is 9.89 Å². The van der Waals surface area contributed by atoms with Crippen LogP contribution in [0.5, 0.6) is 0 Å². The maximum atomic E-state index is 9.58. The number of nitrogens with zero attached hydrogens (tertiary/aromatic N) is 2. The molecule has 3 N–H and O–H groups in total. The molecule has 1 saturated heterocycles. The highest BCUT2D eigenvalue weighted by Crippen LogP contribution is 2.39. The Bertz CT molecular complexity index is 591. The predicted molar refractivity (Wildman–Crippen MR) is 133 cm³/mol. The molecule has 0 spiro atoms. The fourth-order valence-electron chi connectivity index (χ4n) is 4.93. The molecule has 0 radical (unpaired) electrons. The van der Waals surface area contributed by atoms with Crippen LogP contribution in [-0.4, -0.2) is 55.3 Å². The van der Waals surface area contributed by atoms with Gasteiger partial charge < -0.3 is 20.2 Å². The van der Waals surface area contributed by atoms with Crippen molar-refractivity contribution in [1.29, 1.82) is 0 Å². The summed E-state index contributed by atoms with van der Waals surface area (Å²) in [5.74, 6) is 1.91. The van der Waals surface area contributed by atoms with Crippen molar-refractivity contribution >= 4 is 29.9 Å². The second kappa shape index (κ2) is 13.6. The maximum absolute atomic E-state index is 9.58. The highest BCUT2D eigenvalue weighted by Gasteiger charge is 2.31. The lowest BCUT2D eigenvalue weighted by atomic mass is 9.72. The molecule has 2 heterocycles. The third-order valence-electron chi connectivity index (χ3n) is 6.64. The van der Waals surface area contributed by atoms with Gasteiger partial charge in [0.25, 0.3) is 0 Å². The molecular weight excluding hydrogens is 491 g/mol. The number of guanidine groups is 1. The molecule has 172 valence electrons. The van der Waals surface area contributed by atoms with Crippen LogP contribution >= 0.6 is 24.0 Å². The van der Waals surface area contributed by atoms with E-state index in [0.29, 0.717) is 0 Å². The molecule has 0 amide bonds. The standard InChI is InChI=1S/C23H40N4O2.HI/c1-2-24-22(26-19-23(13-16-28)11-5-3-6-12-23)25-18-20(21-10-9-17-29-21)27-14-7-4-8-15-27;/h9-10,17,20,28H,2-8,11-16,18-19H2,1H3,(H2,24,25,26);1H. The van der Waals surface area contributed by atoms with E-state index in [1.54, 1.807) is 6.26 Å². The first kappa shape index (κ1) is 25.5. The van der Waals surface area contributed by atoms with Crippen molar-refractivity contribution in [3.8, 4) is 0 Å². The monoisotopic (exact) mass is 532 g/mol. The summed E-state index contributed by atoms with van der Waals surface area (Å²) in [7, 11) is 0. The van der Waals surface area contributed by atoms with Crippen LogP contribution in [0.1, 0.15) is 76.5 Å². The van der Waals surface area contributed by atoms with Crippen molar-refractivity contribution in [3.63, 3.8) is 0 Å². The summed E-state index contributed by atoms with van der Waals surface area (Å²) in [6.45, 7) is 7.03. The third kappa shape index (κ3) is 7.41. The summed E-state index contributed by atoms with van der Waals surface area (Å²) in [4.78, 5) is 7.50. The minimum absolute atomic E-state index is 0. The van der Waals surface area contributed by atoms with Gasteiger partial charge in [-0.1, -0.05) is 25.7 Å². The Balaban J connectivity index is 0.00000320. The minimum Gasteiger partial charge on any atom is -0.468 e. The normalized spacial score (nSPS) is 20.9. The van der Waals surface area contributed by atoms with Gasteiger partial charge in [-0.05, 0) is 69.7 Å². The van der Waals surface area contributed by atoms with Crippen molar-refractivity contribution in [2.24, 2.45) is 10.4 Å². The molecule has 1 aromatic rings. The van der Waals surface area contributed by atoms with Gasteiger partial charge in [0.05, 0.1) is 12.3 Å². The molecule has 3 rings (SSSR count). The lowest BCUT2D eigenvalue weighted by Gasteiger charge is -2.36. The average molecular weight is 533 g/mol. The van der Waals surface area contributed by atoms with Crippen LogP contribution in [0.25, 0.3) is 0 Å². The Kier molecular flexibility index (Phi) is 11.5. The zero-order valence-electron chi connectivity index (χ0n) is 18.6. The number of hydrogen-bond acceptors (Lipinski definition) is 4. The molecule has 7 heteroatoms. The molecule has 0 aromatic carbocycles. The average Bonchev–Trinajstić information content (AvgIpc) is 3.28. The number of furan rings is 1. The highest BCUT2D eigenvalue weighted by atomic mass is 127. The van der Waals surface area contributed by atoms with E-state index in [2.05, 4.69) is 28.5 Å². The Labute approximate surface area is 199 Å². The van der Waals surface area contributed by atoms with Gasteiger partial charge in [0.2, 0.25) is 0 Å². The molecule has 2 aliphatic rings. The number of rotatable bonds is 9. The van der Waals surface area contributed by atoms with Gasteiger partial charge >= 0.3 is 0 Å². The summed E-state index contributed by atoms with van der Waals surface area (Å²) in [5, 5.41) is 16.6. The number of likely N-dealkylation sites (tertiary alicyclic amines) is 1. The minimum atomic E-state index is 0. The molecule has 1 aromatic heterocycles. The number of aliphatic hydroxyl groups is 1. The molecule has 1 aliphatic heterocycles. The molecule has 1 unspecified atom stereocenters. The Morgan fingerprint density at radius 1 is 1.17 bits per heavy atom. The van der Waals surface area contributed by atoms with Crippen LogP contribution < -0.4 is 10.6 Å². The predicted octanol–water partition coefficient (Wildman–Crippen LogP) is 4.31. The first-order valence-electron chi connectivity index (χ1n) is 11.7. The van der Waals surface area contributed by atoms with Crippen LogP contribution in [0, 0.1) is 5.41 Å². The Hall–Kier alpha value is -0.800. The number of halogens is 1. The van der Waals surface area contributed by atoms with Gasteiger partial charge in [0.1, 0.15) is 5.76 Å². The molecule has 1 saturated carbocycles. The van der Waals surface area contributed by atoms with Crippen LogP contribution in [-0.2, 0) is 0 Å². The molecular formula is C23H41IN4O2. The largest absolute Gasteiger partial charge is 0.468 e. The summed E-state index contributed by atoms with van der Waals surface area (Å²) in [6, 6.07) is 4.30. The fraction of sp³-hybridized carbons (Fsp3) is 0.783. The Morgan fingerprint density at radius 3 is 2.53 bits per heavy atom. The lowest BCUT2D eigenvalue weighted by Crippen LogP contribution is -2.45. The quantitative estimate of drug-likeness (QED) is 0.251. The maximum Gasteiger partial charge on any atom is 0.191 e. The zero-order valence-corrected chi connectivity index (χ0v) is 20.9. The lowest BCUT2D eigenvalue weighted by molar-refractivity contribution is 0.137. The van der Waals surface area contributed by atoms with E-state index in [1.807, 2.05) is 6.07 Å².